The van der Waals surface area contributed by atoms with Crippen LogP contribution in [0.2, 0.25) is 0 Å². The second-order valence-electron chi connectivity index (χ2n) is 6.70. The van der Waals surface area contributed by atoms with E-state index in [9.17, 15) is 4.79 Å². The Labute approximate surface area is 173 Å². The van der Waals surface area contributed by atoms with Gasteiger partial charge < -0.3 is 9.47 Å². The highest BCUT2D eigenvalue weighted by molar-refractivity contribution is 7.21. The molecule has 0 fully saturated rings. The van der Waals surface area contributed by atoms with Gasteiger partial charge >= 0.3 is 0 Å². The Kier molecular flexibility index (Phi) is 5.74. The highest BCUT2D eigenvalue weighted by atomic mass is 32.1. The lowest BCUT2D eigenvalue weighted by Crippen LogP contribution is -2.26. The number of hydrogen-bond donors (Lipinski definition) is 0. The van der Waals surface area contributed by atoms with E-state index in [4.69, 9.17) is 14.5 Å². The van der Waals surface area contributed by atoms with E-state index in [1.807, 2.05) is 60.7 Å². The summed E-state index contributed by atoms with van der Waals surface area (Å²) in [6.45, 7) is 0.929. The molecule has 148 valence electrons. The third kappa shape index (κ3) is 4.09. The van der Waals surface area contributed by atoms with Crippen LogP contribution in [0.15, 0.2) is 65.5 Å². The van der Waals surface area contributed by atoms with Crippen LogP contribution in [-0.2, 0) is 17.7 Å². The molecule has 0 saturated heterocycles. The maximum absolute atomic E-state index is 13.2. The van der Waals surface area contributed by atoms with Gasteiger partial charge in [0, 0.05) is 18.4 Å². The molecule has 2 heterocycles. The van der Waals surface area contributed by atoms with Crippen molar-refractivity contribution in [3.8, 4) is 16.2 Å². The zero-order valence-corrected chi connectivity index (χ0v) is 17.2. The summed E-state index contributed by atoms with van der Waals surface area (Å²) in [6.07, 6.45) is 0.567. The molecule has 4 aromatic rings. The Morgan fingerprint density at radius 2 is 1.79 bits per heavy atom. The molecule has 4 rings (SSSR count). The zero-order valence-electron chi connectivity index (χ0n) is 16.4. The van der Waals surface area contributed by atoms with Crippen molar-refractivity contribution in [2.24, 2.45) is 0 Å². The molecule has 29 heavy (non-hydrogen) atoms. The van der Waals surface area contributed by atoms with Gasteiger partial charge in [-0.2, -0.15) is 0 Å². The number of hydrogen-bond acceptors (Lipinski definition) is 5. The largest absolute Gasteiger partial charge is 0.497 e. The minimum absolute atomic E-state index is 0.0195. The van der Waals surface area contributed by atoms with Crippen molar-refractivity contribution in [3.63, 3.8) is 0 Å². The van der Waals surface area contributed by atoms with Crippen molar-refractivity contribution < 1.29 is 9.47 Å². The van der Waals surface area contributed by atoms with E-state index in [1.54, 1.807) is 30.1 Å². The highest BCUT2D eigenvalue weighted by Crippen LogP contribution is 2.31. The van der Waals surface area contributed by atoms with Crippen molar-refractivity contribution in [1.82, 2.24) is 9.55 Å². The summed E-state index contributed by atoms with van der Waals surface area (Å²) >= 11 is 1.55. The van der Waals surface area contributed by atoms with Crippen LogP contribution in [0.1, 0.15) is 11.4 Å². The van der Waals surface area contributed by atoms with E-state index in [2.05, 4.69) is 0 Å². The number of benzene rings is 2. The SMILES string of the molecule is COCCn1c(Cc2ccc(OC)cc2)nc2sc(-c3ccccc3)cc2c1=O. The van der Waals surface area contributed by atoms with Gasteiger partial charge in [-0.25, -0.2) is 4.98 Å². The summed E-state index contributed by atoms with van der Waals surface area (Å²) in [5, 5.41) is 0.656. The van der Waals surface area contributed by atoms with Crippen LogP contribution in [0.3, 0.4) is 0 Å². The fourth-order valence-electron chi connectivity index (χ4n) is 3.28. The Morgan fingerprint density at radius 3 is 2.48 bits per heavy atom. The average molecular weight is 407 g/mol. The van der Waals surface area contributed by atoms with Gasteiger partial charge in [-0.15, -0.1) is 11.3 Å². The summed E-state index contributed by atoms with van der Waals surface area (Å²) in [6, 6.07) is 19.9. The number of aromatic nitrogens is 2. The van der Waals surface area contributed by atoms with Gasteiger partial charge in [0.25, 0.3) is 5.56 Å². The molecule has 0 aliphatic heterocycles. The average Bonchev–Trinajstić information content (AvgIpc) is 3.19. The van der Waals surface area contributed by atoms with Gasteiger partial charge in [-0.05, 0) is 29.3 Å². The minimum atomic E-state index is -0.0195. The molecular formula is C23H22N2O3S. The molecule has 0 amide bonds. The van der Waals surface area contributed by atoms with Crippen molar-refractivity contribution in [2.75, 3.05) is 20.8 Å². The summed E-state index contributed by atoms with van der Waals surface area (Å²) in [7, 11) is 3.28. The first-order chi connectivity index (χ1) is 14.2. The summed E-state index contributed by atoms with van der Waals surface area (Å²) in [5.74, 6) is 1.55. The van der Waals surface area contributed by atoms with Gasteiger partial charge in [-0.3, -0.25) is 9.36 Å². The summed E-state index contributed by atoms with van der Waals surface area (Å²) in [4.78, 5) is 19.9. The molecule has 5 nitrogen and oxygen atoms in total. The third-order valence-electron chi connectivity index (χ3n) is 4.83. The maximum Gasteiger partial charge on any atom is 0.262 e. The lowest BCUT2D eigenvalue weighted by molar-refractivity contribution is 0.185. The second-order valence-corrected chi connectivity index (χ2v) is 7.73. The Bertz CT molecular complexity index is 1160. The number of methoxy groups -OCH3 is 2. The van der Waals surface area contributed by atoms with E-state index in [0.717, 1.165) is 32.4 Å². The van der Waals surface area contributed by atoms with E-state index < -0.39 is 0 Å². The number of fused-ring (bicyclic) bond motifs is 1. The van der Waals surface area contributed by atoms with Gasteiger partial charge in [0.2, 0.25) is 0 Å². The molecule has 0 radical (unpaired) electrons. The summed E-state index contributed by atoms with van der Waals surface area (Å²) < 4.78 is 12.2. The maximum atomic E-state index is 13.2. The van der Waals surface area contributed by atoms with Gasteiger partial charge in [0.1, 0.15) is 16.4 Å². The van der Waals surface area contributed by atoms with E-state index in [1.165, 1.54) is 0 Å². The topological polar surface area (TPSA) is 53.4 Å². The van der Waals surface area contributed by atoms with Gasteiger partial charge in [-0.1, -0.05) is 42.5 Å². The van der Waals surface area contributed by atoms with Crippen molar-refractivity contribution >= 4 is 21.6 Å². The van der Waals surface area contributed by atoms with Crippen molar-refractivity contribution in [2.45, 2.75) is 13.0 Å². The van der Waals surface area contributed by atoms with Crippen LogP contribution in [0.4, 0.5) is 0 Å². The number of nitrogens with zero attached hydrogens (tertiary/aromatic N) is 2. The lowest BCUT2D eigenvalue weighted by Gasteiger charge is -2.12. The molecule has 0 spiro atoms. The molecule has 2 aromatic carbocycles. The standard InChI is InChI=1S/C23H22N2O3S/c1-27-13-12-25-21(14-16-8-10-18(28-2)11-9-16)24-22-19(23(25)26)15-20(29-22)17-6-4-3-5-7-17/h3-11,15H,12-14H2,1-2H3. The van der Waals surface area contributed by atoms with Crippen LogP contribution < -0.4 is 10.3 Å². The van der Waals surface area contributed by atoms with E-state index >= 15 is 0 Å². The van der Waals surface area contributed by atoms with Crippen LogP contribution in [-0.4, -0.2) is 30.4 Å². The monoisotopic (exact) mass is 406 g/mol. The predicted octanol–water partition coefficient (Wildman–Crippen LogP) is 4.37. The Hall–Kier alpha value is -2.96. The Balaban J connectivity index is 1.79. The summed E-state index contributed by atoms with van der Waals surface area (Å²) in [5.41, 5.74) is 2.15. The Morgan fingerprint density at radius 1 is 1.03 bits per heavy atom. The lowest BCUT2D eigenvalue weighted by atomic mass is 10.1. The van der Waals surface area contributed by atoms with Crippen LogP contribution >= 0.6 is 11.3 Å². The molecular weight excluding hydrogens is 384 g/mol. The predicted molar refractivity (Wildman–Crippen MR) is 117 cm³/mol. The van der Waals surface area contributed by atoms with E-state index in [-0.39, 0.29) is 5.56 Å². The first kappa shape index (κ1) is 19.4. The normalized spacial score (nSPS) is 11.1. The fraction of sp³-hybridized carbons (Fsp3) is 0.217. The number of rotatable bonds is 7. The van der Waals surface area contributed by atoms with Crippen molar-refractivity contribution in [3.05, 3.63) is 82.4 Å². The van der Waals surface area contributed by atoms with Gasteiger partial charge in [0.05, 0.1) is 25.6 Å². The molecule has 0 saturated carbocycles. The zero-order chi connectivity index (χ0) is 20.2. The second kappa shape index (κ2) is 8.59. The molecule has 0 bridgehead atoms. The molecule has 0 aliphatic rings. The van der Waals surface area contributed by atoms with Crippen LogP contribution in [0, 0.1) is 0 Å². The first-order valence-corrected chi connectivity index (χ1v) is 10.2. The minimum Gasteiger partial charge on any atom is -0.497 e. The fourth-order valence-corrected chi connectivity index (χ4v) is 4.32. The molecule has 0 N–H and O–H groups in total. The molecule has 0 aliphatic carbocycles. The van der Waals surface area contributed by atoms with Crippen LogP contribution in [0.25, 0.3) is 20.7 Å². The highest BCUT2D eigenvalue weighted by Gasteiger charge is 2.15. The van der Waals surface area contributed by atoms with Crippen LogP contribution in [0.5, 0.6) is 5.75 Å². The molecule has 6 heteroatoms. The van der Waals surface area contributed by atoms with Gasteiger partial charge in [0.15, 0.2) is 0 Å². The number of ether oxygens (including phenoxy) is 2. The molecule has 0 atom stereocenters. The van der Waals surface area contributed by atoms with Crippen molar-refractivity contribution in [1.29, 1.82) is 0 Å². The smallest absolute Gasteiger partial charge is 0.262 e. The third-order valence-corrected chi connectivity index (χ3v) is 5.91. The number of thiophene rings is 1. The molecule has 2 aromatic heterocycles. The van der Waals surface area contributed by atoms with E-state index in [0.29, 0.717) is 25.0 Å². The molecule has 0 unspecified atom stereocenters. The first-order valence-electron chi connectivity index (χ1n) is 9.40. The quantitative estimate of drug-likeness (QED) is 0.457.